The number of nitrogens with zero attached hydrogens (tertiary/aromatic N) is 5. The molecule has 5 rings (SSSR count). The summed E-state index contributed by atoms with van der Waals surface area (Å²) in [6.45, 7) is 0. The fraction of sp³-hybridized carbons (Fsp3) is 0. The number of ether oxygens (including phenoxy) is 1. The minimum absolute atomic E-state index is 0.138. The van der Waals surface area contributed by atoms with Crippen molar-refractivity contribution in [1.29, 1.82) is 0 Å². The average Bonchev–Trinajstić information content (AvgIpc) is 3.58. The fourth-order valence-electron chi connectivity index (χ4n) is 2.73. The van der Waals surface area contributed by atoms with Crippen molar-refractivity contribution in [1.82, 2.24) is 25.1 Å². The summed E-state index contributed by atoms with van der Waals surface area (Å²) in [6.07, 6.45) is 4.95. The smallest absolute Gasteiger partial charge is 0.277 e. The molecule has 0 aliphatic carbocycles. The van der Waals surface area contributed by atoms with Gasteiger partial charge in [-0.25, -0.2) is 4.68 Å². The molecule has 31 heavy (non-hydrogen) atoms. The molecule has 0 unspecified atom stereocenters. The lowest BCUT2D eigenvalue weighted by Gasteiger charge is -2.07. The summed E-state index contributed by atoms with van der Waals surface area (Å²) in [5.74, 6) is 1.92. The molecule has 0 atom stereocenters. The van der Waals surface area contributed by atoms with Crippen LogP contribution in [0.3, 0.4) is 0 Å². The maximum atomic E-state index is 12.4. The van der Waals surface area contributed by atoms with Gasteiger partial charge in [-0.05, 0) is 48.5 Å². The van der Waals surface area contributed by atoms with Gasteiger partial charge in [0.1, 0.15) is 5.75 Å². The number of rotatable bonds is 6. The van der Waals surface area contributed by atoms with E-state index < -0.39 is 5.91 Å². The Morgan fingerprint density at radius 2 is 1.90 bits per heavy atom. The second-order valence-corrected chi connectivity index (χ2v) is 6.31. The Morgan fingerprint density at radius 1 is 1.00 bits per heavy atom. The molecule has 0 aliphatic heterocycles. The molecule has 1 N–H and O–H groups in total. The molecule has 1 amide bonds. The van der Waals surface area contributed by atoms with Gasteiger partial charge < -0.3 is 19.0 Å². The first kappa shape index (κ1) is 18.3. The molecule has 4 heterocycles. The van der Waals surface area contributed by atoms with Crippen LogP contribution in [0.4, 0.5) is 5.69 Å². The molecule has 0 spiro atoms. The molecular formula is C21H14N6O4. The molecule has 1 aromatic carbocycles. The molecule has 0 fully saturated rings. The Bertz CT molecular complexity index is 1280. The number of amides is 1. The second-order valence-electron chi connectivity index (χ2n) is 6.31. The average molecular weight is 414 g/mol. The highest BCUT2D eigenvalue weighted by Crippen LogP contribution is 2.23. The van der Waals surface area contributed by atoms with Gasteiger partial charge >= 0.3 is 0 Å². The highest BCUT2D eigenvalue weighted by atomic mass is 16.5. The lowest BCUT2D eigenvalue weighted by molar-refractivity contribution is 0.101. The number of benzene rings is 1. The largest absolute Gasteiger partial charge is 0.461 e. The van der Waals surface area contributed by atoms with E-state index in [0.29, 0.717) is 34.7 Å². The van der Waals surface area contributed by atoms with E-state index in [1.54, 1.807) is 71.7 Å². The number of carbonyl (C=O) groups excluding carboxylic acids is 1. The van der Waals surface area contributed by atoms with Crippen LogP contribution in [-0.2, 0) is 0 Å². The van der Waals surface area contributed by atoms with E-state index in [9.17, 15) is 4.79 Å². The molecule has 0 saturated heterocycles. The summed E-state index contributed by atoms with van der Waals surface area (Å²) in [7, 11) is 0. The Kier molecular flexibility index (Phi) is 4.70. The van der Waals surface area contributed by atoms with Crippen LogP contribution in [0, 0.1) is 0 Å². The van der Waals surface area contributed by atoms with Crippen molar-refractivity contribution in [2.45, 2.75) is 0 Å². The van der Waals surface area contributed by atoms with Gasteiger partial charge in [-0.3, -0.25) is 4.79 Å². The van der Waals surface area contributed by atoms with Crippen LogP contribution in [0.15, 0.2) is 88.3 Å². The van der Waals surface area contributed by atoms with Crippen molar-refractivity contribution in [3.63, 3.8) is 0 Å². The molecule has 10 nitrogen and oxygen atoms in total. The summed E-state index contributed by atoms with van der Waals surface area (Å²) in [6, 6.07) is 17.0. The monoisotopic (exact) mass is 414 g/mol. The first-order valence-corrected chi connectivity index (χ1v) is 9.18. The Morgan fingerprint density at radius 3 is 2.61 bits per heavy atom. The number of nitrogens with one attached hydrogen (secondary N) is 1. The third kappa shape index (κ3) is 4.03. The number of hydrogen-bond donors (Lipinski definition) is 1. The van der Waals surface area contributed by atoms with E-state index in [2.05, 4.69) is 25.8 Å². The summed E-state index contributed by atoms with van der Waals surface area (Å²) >= 11 is 0. The Labute approximate surface area is 175 Å². The van der Waals surface area contributed by atoms with Gasteiger partial charge in [0, 0.05) is 30.2 Å². The topological polar surface area (TPSA) is 121 Å². The van der Waals surface area contributed by atoms with Gasteiger partial charge in [0.25, 0.3) is 5.91 Å². The molecule has 5 aromatic rings. The van der Waals surface area contributed by atoms with Crippen molar-refractivity contribution in [3.05, 3.63) is 85.0 Å². The van der Waals surface area contributed by atoms with E-state index in [1.807, 2.05) is 0 Å². The third-order valence-electron chi connectivity index (χ3n) is 4.21. The molecule has 0 aliphatic rings. The molecule has 10 heteroatoms. The molecule has 0 bridgehead atoms. The maximum absolute atomic E-state index is 12.4. The van der Waals surface area contributed by atoms with Crippen molar-refractivity contribution < 1.29 is 18.5 Å². The van der Waals surface area contributed by atoms with E-state index in [0.717, 1.165) is 0 Å². The summed E-state index contributed by atoms with van der Waals surface area (Å²) in [5.41, 5.74) is 0.708. The van der Waals surface area contributed by atoms with Crippen molar-refractivity contribution in [2.75, 3.05) is 5.32 Å². The zero-order chi connectivity index (χ0) is 21.0. The van der Waals surface area contributed by atoms with Gasteiger partial charge in [-0.1, -0.05) is 5.16 Å². The predicted octanol–water partition coefficient (Wildman–Crippen LogP) is 3.95. The second kappa shape index (κ2) is 7.95. The fourth-order valence-corrected chi connectivity index (χ4v) is 2.73. The van der Waals surface area contributed by atoms with Gasteiger partial charge in [0.2, 0.25) is 11.6 Å². The quantitative estimate of drug-likeness (QED) is 0.443. The number of hydrogen-bond acceptors (Lipinski definition) is 8. The van der Waals surface area contributed by atoms with Crippen LogP contribution < -0.4 is 10.1 Å². The molecular weight excluding hydrogens is 400 g/mol. The first-order chi connectivity index (χ1) is 15.2. The van der Waals surface area contributed by atoms with Crippen molar-refractivity contribution in [3.8, 4) is 29.0 Å². The van der Waals surface area contributed by atoms with Crippen molar-refractivity contribution in [2.24, 2.45) is 0 Å². The van der Waals surface area contributed by atoms with Gasteiger partial charge in [-0.15, -0.1) is 10.2 Å². The number of aromatic nitrogens is 5. The zero-order valence-electron chi connectivity index (χ0n) is 15.9. The number of anilines is 1. The predicted molar refractivity (Wildman–Crippen MR) is 108 cm³/mol. The highest BCUT2D eigenvalue weighted by molar-refractivity contribution is 6.03. The van der Waals surface area contributed by atoms with E-state index in [4.69, 9.17) is 13.7 Å². The number of carbonyl (C=O) groups is 1. The Balaban J connectivity index is 1.21. The number of furan rings is 1. The standard InChI is InChI=1S/C21H14N6O4/c28-21(16-13-18(31-26-16)17-3-1-12-29-17)23-14-4-6-15(7-5-14)30-20-9-8-19(24-25-20)27-11-2-10-22-27/h1-13H,(H,23,28). The van der Waals surface area contributed by atoms with E-state index in [-0.39, 0.29) is 5.69 Å². The first-order valence-electron chi connectivity index (χ1n) is 9.18. The molecule has 0 radical (unpaired) electrons. The maximum Gasteiger partial charge on any atom is 0.277 e. The van der Waals surface area contributed by atoms with Crippen LogP contribution in [0.25, 0.3) is 17.3 Å². The minimum Gasteiger partial charge on any atom is -0.461 e. The Hall–Kier alpha value is -4.73. The normalized spacial score (nSPS) is 10.7. The molecule has 4 aromatic heterocycles. The minimum atomic E-state index is -0.407. The summed E-state index contributed by atoms with van der Waals surface area (Å²) in [4.78, 5) is 12.4. The van der Waals surface area contributed by atoms with Gasteiger partial charge in [-0.2, -0.15) is 5.10 Å². The molecule has 152 valence electrons. The SMILES string of the molecule is O=C(Nc1ccc(Oc2ccc(-n3cccn3)nn2)cc1)c1cc(-c2ccco2)on1. The summed E-state index contributed by atoms with van der Waals surface area (Å²) in [5, 5.41) is 18.7. The van der Waals surface area contributed by atoms with Crippen LogP contribution in [-0.4, -0.2) is 31.0 Å². The third-order valence-corrected chi connectivity index (χ3v) is 4.21. The van der Waals surface area contributed by atoms with E-state index in [1.165, 1.54) is 12.3 Å². The van der Waals surface area contributed by atoms with Crippen molar-refractivity contribution >= 4 is 11.6 Å². The van der Waals surface area contributed by atoms with E-state index >= 15 is 0 Å². The van der Waals surface area contributed by atoms with Crippen LogP contribution in [0.2, 0.25) is 0 Å². The van der Waals surface area contributed by atoms with Gasteiger partial charge in [0.05, 0.1) is 6.26 Å². The molecule has 0 saturated carbocycles. The van der Waals surface area contributed by atoms with Crippen LogP contribution >= 0.6 is 0 Å². The lowest BCUT2D eigenvalue weighted by Crippen LogP contribution is -2.11. The van der Waals surface area contributed by atoms with Crippen LogP contribution in [0.5, 0.6) is 11.6 Å². The van der Waals surface area contributed by atoms with Gasteiger partial charge in [0.15, 0.2) is 17.3 Å². The van der Waals surface area contributed by atoms with Crippen LogP contribution in [0.1, 0.15) is 10.5 Å². The summed E-state index contributed by atoms with van der Waals surface area (Å²) < 4.78 is 17.7. The zero-order valence-corrected chi connectivity index (χ0v) is 15.9. The highest BCUT2D eigenvalue weighted by Gasteiger charge is 2.15. The lowest BCUT2D eigenvalue weighted by atomic mass is 10.2.